The molecule has 10 heteroatoms. The van der Waals surface area contributed by atoms with Crippen LogP contribution in [-0.4, -0.2) is 54.0 Å². The van der Waals surface area contributed by atoms with Crippen molar-refractivity contribution in [3.8, 4) is 0 Å². The molecule has 2 rings (SSSR count). The summed E-state index contributed by atoms with van der Waals surface area (Å²) in [6, 6.07) is 3.37. The molecule has 146 valence electrons. The lowest BCUT2D eigenvalue weighted by molar-refractivity contribution is -0.384. The molecule has 1 aliphatic heterocycles. The lowest BCUT2D eigenvalue weighted by atomic mass is 9.97. The van der Waals surface area contributed by atoms with Gasteiger partial charge in [0.2, 0.25) is 0 Å². The van der Waals surface area contributed by atoms with Crippen LogP contribution in [0.25, 0.3) is 0 Å². The Morgan fingerprint density at radius 2 is 1.93 bits per heavy atom. The number of hydrogen-bond donors (Lipinski definition) is 1. The fourth-order valence-electron chi connectivity index (χ4n) is 2.77. The topological polar surface area (TPSA) is 142 Å². The Kier molecular flexibility index (Phi) is 6.69. The van der Waals surface area contributed by atoms with Crippen LogP contribution in [0, 0.1) is 16.0 Å². The molecular weight excluding hydrogens is 358 g/mol. The quantitative estimate of drug-likeness (QED) is 0.335. The standard InChI is InChI=1S/C17H21N3O7/c1-2-26-16(22)11-5-7-19(8-6-11)15(21)10-27-17(23)13-4-3-12(20(24)25)9-14(13)18/h3-4,9,11H,2,5-8,10,18H2,1H3. The number of nitrogens with zero attached hydrogens (tertiary/aromatic N) is 2. The van der Waals surface area contributed by atoms with Crippen LogP contribution in [0.15, 0.2) is 18.2 Å². The molecule has 1 fully saturated rings. The van der Waals surface area contributed by atoms with Gasteiger partial charge in [-0.15, -0.1) is 0 Å². The predicted molar refractivity (Wildman–Crippen MR) is 93.7 cm³/mol. The first kappa shape index (κ1) is 20.1. The number of ether oxygens (including phenoxy) is 2. The minimum Gasteiger partial charge on any atom is -0.466 e. The highest BCUT2D eigenvalue weighted by Gasteiger charge is 2.28. The molecule has 0 aliphatic carbocycles. The molecule has 1 saturated heterocycles. The molecule has 0 saturated carbocycles. The molecule has 0 radical (unpaired) electrons. The van der Waals surface area contributed by atoms with E-state index in [1.165, 1.54) is 11.0 Å². The fourth-order valence-corrected chi connectivity index (χ4v) is 2.77. The van der Waals surface area contributed by atoms with E-state index in [4.69, 9.17) is 15.2 Å². The number of nitrogen functional groups attached to an aromatic ring is 1. The van der Waals surface area contributed by atoms with E-state index in [0.29, 0.717) is 32.5 Å². The van der Waals surface area contributed by atoms with Gasteiger partial charge in [0.25, 0.3) is 11.6 Å². The Hall–Kier alpha value is -3.17. The Bertz CT molecular complexity index is 742. The maximum atomic E-state index is 12.2. The summed E-state index contributed by atoms with van der Waals surface area (Å²) < 4.78 is 9.94. The third kappa shape index (κ3) is 5.16. The highest BCUT2D eigenvalue weighted by atomic mass is 16.6. The highest BCUT2D eigenvalue weighted by Crippen LogP contribution is 2.21. The van der Waals surface area contributed by atoms with Crippen molar-refractivity contribution in [2.45, 2.75) is 19.8 Å². The number of likely N-dealkylation sites (tertiary alicyclic amines) is 1. The fraction of sp³-hybridized carbons (Fsp3) is 0.471. The third-order valence-corrected chi connectivity index (χ3v) is 4.26. The molecule has 1 aromatic rings. The van der Waals surface area contributed by atoms with Gasteiger partial charge in [-0.05, 0) is 25.8 Å². The van der Waals surface area contributed by atoms with Gasteiger partial charge in [-0.1, -0.05) is 0 Å². The van der Waals surface area contributed by atoms with Crippen molar-refractivity contribution in [1.82, 2.24) is 4.90 Å². The molecule has 1 amide bonds. The zero-order valence-corrected chi connectivity index (χ0v) is 14.9. The van der Waals surface area contributed by atoms with Crippen LogP contribution in [0.4, 0.5) is 11.4 Å². The SMILES string of the molecule is CCOC(=O)C1CCN(C(=O)COC(=O)c2ccc([N+](=O)[O-])cc2N)CC1. The van der Waals surface area contributed by atoms with Gasteiger partial charge in [0.1, 0.15) is 0 Å². The van der Waals surface area contributed by atoms with Crippen LogP contribution in [0.5, 0.6) is 0 Å². The van der Waals surface area contributed by atoms with Gasteiger partial charge < -0.3 is 20.1 Å². The van der Waals surface area contributed by atoms with Crippen LogP contribution >= 0.6 is 0 Å². The van der Waals surface area contributed by atoms with Gasteiger partial charge >= 0.3 is 11.9 Å². The molecule has 0 spiro atoms. The van der Waals surface area contributed by atoms with Crippen LogP contribution < -0.4 is 5.73 Å². The molecule has 27 heavy (non-hydrogen) atoms. The predicted octanol–water partition coefficient (Wildman–Crippen LogP) is 1.14. The number of hydrogen-bond acceptors (Lipinski definition) is 8. The Morgan fingerprint density at radius 1 is 1.26 bits per heavy atom. The first-order chi connectivity index (χ1) is 12.8. The molecule has 0 atom stereocenters. The van der Waals surface area contributed by atoms with E-state index in [-0.39, 0.29) is 34.7 Å². The first-order valence-corrected chi connectivity index (χ1v) is 8.49. The largest absolute Gasteiger partial charge is 0.466 e. The van der Waals surface area contributed by atoms with Crippen molar-refractivity contribution < 1.29 is 28.8 Å². The van der Waals surface area contributed by atoms with Gasteiger partial charge in [-0.3, -0.25) is 19.7 Å². The zero-order valence-electron chi connectivity index (χ0n) is 14.9. The van der Waals surface area contributed by atoms with E-state index >= 15 is 0 Å². The van der Waals surface area contributed by atoms with Gasteiger partial charge in [0.05, 0.1) is 28.7 Å². The number of carbonyl (C=O) groups is 3. The summed E-state index contributed by atoms with van der Waals surface area (Å²) in [5.41, 5.74) is 5.24. The molecule has 0 aromatic heterocycles. The molecule has 0 bridgehead atoms. The lowest BCUT2D eigenvalue weighted by Gasteiger charge is -2.30. The second kappa shape index (κ2) is 8.97. The normalized spacial score (nSPS) is 14.5. The highest BCUT2D eigenvalue weighted by molar-refractivity contribution is 5.96. The molecule has 1 aliphatic rings. The summed E-state index contributed by atoms with van der Waals surface area (Å²) in [5.74, 6) is -1.70. The van der Waals surface area contributed by atoms with E-state index < -0.39 is 17.5 Å². The van der Waals surface area contributed by atoms with E-state index in [9.17, 15) is 24.5 Å². The van der Waals surface area contributed by atoms with Crippen LogP contribution in [-0.2, 0) is 19.1 Å². The summed E-state index contributed by atoms with van der Waals surface area (Å²) in [6.07, 6.45) is 0.988. The molecule has 0 unspecified atom stereocenters. The average Bonchev–Trinajstić information content (AvgIpc) is 2.66. The van der Waals surface area contributed by atoms with Crippen molar-refractivity contribution in [3.05, 3.63) is 33.9 Å². The second-order valence-corrected chi connectivity index (χ2v) is 6.01. The summed E-state index contributed by atoms with van der Waals surface area (Å²) in [5, 5.41) is 10.7. The number of amides is 1. The van der Waals surface area contributed by atoms with E-state index in [2.05, 4.69) is 0 Å². The van der Waals surface area contributed by atoms with Crippen molar-refractivity contribution in [1.29, 1.82) is 0 Å². The number of piperidine rings is 1. The zero-order chi connectivity index (χ0) is 20.0. The van der Waals surface area contributed by atoms with Crippen molar-refractivity contribution >= 4 is 29.2 Å². The number of rotatable bonds is 6. The minimum absolute atomic E-state index is 0.0468. The van der Waals surface area contributed by atoms with E-state index in [1.54, 1.807) is 6.92 Å². The number of nitro groups is 1. The first-order valence-electron chi connectivity index (χ1n) is 8.49. The Labute approximate surface area is 155 Å². The number of nitrogens with two attached hydrogens (primary N) is 1. The molecular formula is C17H21N3O7. The average molecular weight is 379 g/mol. The maximum absolute atomic E-state index is 12.2. The monoisotopic (exact) mass is 379 g/mol. The molecule has 1 heterocycles. The Balaban J connectivity index is 1.84. The molecule has 1 aromatic carbocycles. The lowest BCUT2D eigenvalue weighted by Crippen LogP contribution is -2.42. The Morgan fingerprint density at radius 3 is 2.48 bits per heavy atom. The van der Waals surface area contributed by atoms with Crippen LogP contribution in [0.3, 0.4) is 0 Å². The number of carbonyl (C=O) groups excluding carboxylic acids is 3. The van der Waals surface area contributed by atoms with Crippen molar-refractivity contribution in [3.63, 3.8) is 0 Å². The number of non-ortho nitro benzene ring substituents is 1. The number of benzene rings is 1. The van der Waals surface area contributed by atoms with Crippen LogP contribution in [0.1, 0.15) is 30.1 Å². The third-order valence-electron chi connectivity index (χ3n) is 4.26. The molecule has 10 nitrogen and oxygen atoms in total. The summed E-state index contributed by atoms with van der Waals surface area (Å²) >= 11 is 0. The van der Waals surface area contributed by atoms with Gasteiger partial charge in [-0.2, -0.15) is 0 Å². The smallest absolute Gasteiger partial charge is 0.340 e. The van der Waals surface area contributed by atoms with Crippen LogP contribution in [0.2, 0.25) is 0 Å². The summed E-state index contributed by atoms with van der Waals surface area (Å²) in [4.78, 5) is 47.5. The summed E-state index contributed by atoms with van der Waals surface area (Å²) in [7, 11) is 0. The van der Waals surface area contributed by atoms with Gasteiger partial charge in [0.15, 0.2) is 6.61 Å². The second-order valence-electron chi connectivity index (χ2n) is 6.01. The number of nitro benzene ring substituents is 1. The van der Waals surface area contributed by atoms with E-state index in [1.807, 2.05) is 0 Å². The van der Waals surface area contributed by atoms with Gasteiger partial charge in [-0.25, -0.2) is 4.79 Å². The van der Waals surface area contributed by atoms with Gasteiger partial charge in [0, 0.05) is 25.2 Å². The molecule has 2 N–H and O–H groups in total. The number of anilines is 1. The maximum Gasteiger partial charge on any atom is 0.340 e. The summed E-state index contributed by atoms with van der Waals surface area (Å²) in [6.45, 7) is 2.33. The van der Waals surface area contributed by atoms with E-state index in [0.717, 1.165) is 12.1 Å². The van der Waals surface area contributed by atoms with Crippen molar-refractivity contribution in [2.24, 2.45) is 5.92 Å². The number of esters is 2. The van der Waals surface area contributed by atoms with Crippen molar-refractivity contribution in [2.75, 3.05) is 32.0 Å². The minimum atomic E-state index is -0.836.